The Balaban J connectivity index is 2.12. The monoisotopic (exact) mass is 369 g/mol. The molecule has 5 nitrogen and oxygen atoms in total. The van der Waals surface area contributed by atoms with Gasteiger partial charge in [0, 0.05) is 5.69 Å². The molecule has 0 saturated carbocycles. The van der Waals surface area contributed by atoms with Crippen molar-refractivity contribution in [2.24, 2.45) is 0 Å². The highest BCUT2D eigenvalue weighted by Gasteiger charge is 2.20. The third-order valence-electron chi connectivity index (χ3n) is 4.27. The van der Waals surface area contributed by atoms with Gasteiger partial charge in [0.05, 0.1) is 12.2 Å². The second-order valence-electron chi connectivity index (χ2n) is 6.52. The lowest BCUT2D eigenvalue weighted by Gasteiger charge is -2.20. The van der Waals surface area contributed by atoms with Gasteiger partial charge in [0.15, 0.2) is 6.10 Å². The van der Waals surface area contributed by atoms with E-state index < -0.39 is 6.10 Å². The van der Waals surface area contributed by atoms with Gasteiger partial charge < -0.3 is 14.8 Å². The lowest BCUT2D eigenvalue weighted by Crippen LogP contribution is -2.32. The molecule has 0 aromatic heterocycles. The minimum atomic E-state index is -0.602. The molecule has 0 heterocycles. The molecule has 0 aliphatic carbocycles. The number of benzene rings is 2. The summed E-state index contributed by atoms with van der Waals surface area (Å²) in [7, 11) is 0. The quantitative estimate of drug-likeness (QED) is 0.725. The molecule has 0 saturated heterocycles. The zero-order valence-corrected chi connectivity index (χ0v) is 16.6. The third kappa shape index (κ3) is 5.33. The molecule has 2 rings (SSSR count). The number of anilines is 1. The van der Waals surface area contributed by atoms with Crippen LogP contribution in [-0.4, -0.2) is 24.6 Å². The van der Waals surface area contributed by atoms with Crippen molar-refractivity contribution in [3.63, 3.8) is 0 Å². The van der Waals surface area contributed by atoms with Crippen molar-refractivity contribution in [1.82, 2.24) is 0 Å². The zero-order valence-electron chi connectivity index (χ0n) is 16.6. The molecule has 0 fully saturated rings. The SMILES string of the molecule is CCOC(=O)c1ccc(NC(=O)[C@H](CC)Oc2cc(C)ccc2C)c(C)c1. The van der Waals surface area contributed by atoms with Crippen LogP contribution in [0.5, 0.6) is 5.75 Å². The molecule has 1 N–H and O–H groups in total. The van der Waals surface area contributed by atoms with Gasteiger partial charge in [-0.1, -0.05) is 19.1 Å². The Morgan fingerprint density at radius 3 is 2.37 bits per heavy atom. The molecule has 0 spiro atoms. The molecule has 1 atom stereocenters. The van der Waals surface area contributed by atoms with Crippen LogP contribution in [0.4, 0.5) is 5.69 Å². The highest BCUT2D eigenvalue weighted by atomic mass is 16.5. The van der Waals surface area contributed by atoms with Crippen LogP contribution in [-0.2, 0) is 9.53 Å². The number of rotatable bonds is 7. The lowest BCUT2D eigenvalue weighted by molar-refractivity contribution is -0.122. The fourth-order valence-corrected chi connectivity index (χ4v) is 2.67. The number of hydrogen-bond acceptors (Lipinski definition) is 4. The van der Waals surface area contributed by atoms with Crippen molar-refractivity contribution in [2.75, 3.05) is 11.9 Å². The second kappa shape index (κ2) is 9.21. The van der Waals surface area contributed by atoms with Crippen molar-refractivity contribution in [3.05, 3.63) is 58.7 Å². The maximum absolute atomic E-state index is 12.7. The van der Waals surface area contributed by atoms with Crippen LogP contribution < -0.4 is 10.1 Å². The Hall–Kier alpha value is -2.82. The Morgan fingerprint density at radius 2 is 1.74 bits per heavy atom. The van der Waals surface area contributed by atoms with Gasteiger partial charge in [0.1, 0.15) is 5.75 Å². The first kappa shape index (κ1) is 20.5. The smallest absolute Gasteiger partial charge is 0.338 e. The van der Waals surface area contributed by atoms with Crippen molar-refractivity contribution in [2.45, 2.75) is 47.1 Å². The number of aryl methyl sites for hydroxylation is 3. The van der Waals surface area contributed by atoms with Crippen LogP contribution >= 0.6 is 0 Å². The summed E-state index contributed by atoms with van der Waals surface area (Å²) in [5.74, 6) is 0.125. The van der Waals surface area contributed by atoms with E-state index in [1.807, 2.05) is 45.9 Å². The number of carbonyl (C=O) groups excluding carboxylic acids is 2. The third-order valence-corrected chi connectivity index (χ3v) is 4.27. The van der Waals surface area contributed by atoms with Gasteiger partial charge in [-0.2, -0.15) is 0 Å². The fourth-order valence-electron chi connectivity index (χ4n) is 2.67. The summed E-state index contributed by atoms with van der Waals surface area (Å²) in [6.45, 7) is 9.78. The topological polar surface area (TPSA) is 64.6 Å². The summed E-state index contributed by atoms with van der Waals surface area (Å²) >= 11 is 0. The Kier molecular flexibility index (Phi) is 6.99. The highest BCUT2D eigenvalue weighted by molar-refractivity contribution is 5.96. The molecule has 0 bridgehead atoms. The van der Waals surface area contributed by atoms with E-state index in [-0.39, 0.29) is 11.9 Å². The second-order valence-corrected chi connectivity index (χ2v) is 6.52. The van der Waals surface area contributed by atoms with Gasteiger partial charge in [-0.05, 0) is 75.1 Å². The number of carbonyl (C=O) groups is 2. The maximum atomic E-state index is 12.7. The van der Waals surface area contributed by atoms with E-state index in [9.17, 15) is 9.59 Å². The van der Waals surface area contributed by atoms with Crippen LogP contribution in [0.3, 0.4) is 0 Å². The first-order chi connectivity index (χ1) is 12.8. The molecule has 0 unspecified atom stereocenters. The van der Waals surface area contributed by atoms with E-state index in [0.29, 0.717) is 30.0 Å². The van der Waals surface area contributed by atoms with E-state index >= 15 is 0 Å². The van der Waals surface area contributed by atoms with E-state index in [0.717, 1.165) is 16.7 Å². The van der Waals surface area contributed by atoms with Crippen molar-refractivity contribution in [1.29, 1.82) is 0 Å². The fraction of sp³-hybridized carbons (Fsp3) is 0.364. The minimum Gasteiger partial charge on any atom is -0.480 e. The normalized spacial score (nSPS) is 11.6. The van der Waals surface area contributed by atoms with Gasteiger partial charge in [-0.15, -0.1) is 0 Å². The highest BCUT2D eigenvalue weighted by Crippen LogP contribution is 2.23. The molecule has 2 aromatic rings. The van der Waals surface area contributed by atoms with Crippen molar-refractivity contribution < 1.29 is 19.1 Å². The summed E-state index contributed by atoms with van der Waals surface area (Å²) in [5.41, 5.74) is 3.97. The Morgan fingerprint density at radius 1 is 1.00 bits per heavy atom. The summed E-state index contributed by atoms with van der Waals surface area (Å²) in [5, 5.41) is 2.90. The number of esters is 1. The average Bonchev–Trinajstić information content (AvgIpc) is 2.64. The van der Waals surface area contributed by atoms with Crippen LogP contribution in [0.1, 0.15) is 47.3 Å². The van der Waals surface area contributed by atoms with E-state index in [1.165, 1.54) is 0 Å². The summed E-state index contributed by atoms with van der Waals surface area (Å²) < 4.78 is 11.0. The number of nitrogens with one attached hydrogen (secondary N) is 1. The summed E-state index contributed by atoms with van der Waals surface area (Å²) in [6, 6.07) is 11.0. The van der Waals surface area contributed by atoms with Gasteiger partial charge in [-0.3, -0.25) is 4.79 Å². The molecule has 0 aliphatic heterocycles. The predicted octanol–water partition coefficient (Wildman–Crippen LogP) is 4.58. The zero-order chi connectivity index (χ0) is 20.0. The van der Waals surface area contributed by atoms with Crippen molar-refractivity contribution in [3.8, 4) is 5.75 Å². The van der Waals surface area contributed by atoms with Gasteiger partial charge in [0.25, 0.3) is 5.91 Å². The number of ether oxygens (including phenoxy) is 2. The first-order valence-electron chi connectivity index (χ1n) is 9.18. The number of amides is 1. The molecule has 0 radical (unpaired) electrons. The van der Waals surface area contributed by atoms with E-state index in [4.69, 9.17) is 9.47 Å². The lowest BCUT2D eigenvalue weighted by atomic mass is 10.1. The predicted molar refractivity (Wildman–Crippen MR) is 106 cm³/mol. The molecule has 144 valence electrons. The van der Waals surface area contributed by atoms with Crippen LogP contribution in [0.2, 0.25) is 0 Å². The molecule has 1 amide bonds. The van der Waals surface area contributed by atoms with Crippen LogP contribution in [0.15, 0.2) is 36.4 Å². The Labute approximate surface area is 160 Å². The number of hydrogen-bond donors (Lipinski definition) is 1. The summed E-state index contributed by atoms with van der Waals surface area (Å²) in [6.07, 6.45) is -0.0613. The van der Waals surface area contributed by atoms with E-state index in [2.05, 4.69) is 5.32 Å². The largest absolute Gasteiger partial charge is 0.480 e. The summed E-state index contributed by atoms with van der Waals surface area (Å²) in [4.78, 5) is 24.5. The van der Waals surface area contributed by atoms with E-state index in [1.54, 1.807) is 25.1 Å². The van der Waals surface area contributed by atoms with Gasteiger partial charge in [-0.25, -0.2) is 4.79 Å². The molecule has 5 heteroatoms. The van der Waals surface area contributed by atoms with Crippen molar-refractivity contribution >= 4 is 17.6 Å². The average molecular weight is 369 g/mol. The first-order valence-corrected chi connectivity index (χ1v) is 9.18. The Bertz CT molecular complexity index is 829. The van der Waals surface area contributed by atoms with Crippen LogP contribution in [0, 0.1) is 20.8 Å². The minimum absolute atomic E-state index is 0.217. The van der Waals surface area contributed by atoms with Gasteiger partial charge >= 0.3 is 5.97 Å². The van der Waals surface area contributed by atoms with Crippen LogP contribution in [0.25, 0.3) is 0 Å². The standard InChI is InChI=1S/C22H27NO4/c1-6-19(27-20-12-14(3)8-9-15(20)4)21(24)23-18-11-10-17(13-16(18)5)22(25)26-7-2/h8-13,19H,6-7H2,1-5H3,(H,23,24)/t19-/m0/s1. The molecule has 2 aromatic carbocycles. The molecular weight excluding hydrogens is 342 g/mol. The molecule has 27 heavy (non-hydrogen) atoms. The molecule has 0 aliphatic rings. The maximum Gasteiger partial charge on any atom is 0.338 e. The van der Waals surface area contributed by atoms with Gasteiger partial charge in [0.2, 0.25) is 0 Å². The molecular formula is C22H27NO4.